The fraction of sp³-hybridized carbons (Fsp3) is 0.444. The molecule has 10 heteroatoms. The molecule has 0 unspecified atom stereocenters. The predicted molar refractivity (Wildman–Crippen MR) is 92.6 cm³/mol. The molecule has 148 valence electrons. The Morgan fingerprint density at radius 3 is 2.54 bits per heavy atom. The van der Waals surface area contributed by atoms with E-state index < -0.39 is 18.2 Å². The Morgan fingerprint density at radius 2 is 1.93 bits per heavy atom. The molecule has 3 aromatic rings. The van der Waals surface area contributed by atoms with E-state index in [-0.39, 0.29) is 12.0 Å². The average molecular weight is 393 g/mol. The van der Waals surface area contributed by atoms with E-state index in [1.165, 1.54) is 12.3 Å². The van der Waals surface area contributed by atoms with Crippen LogP contribution in [0.4, 0.5) is 13.2 Å². The van der Waals surface area contributed by atoms with Gasteiger partial charge in [-0.1, -0.05) is 0 Å². The summed E-state index contributed by atoms with van der Waals surface area (Å²) < 4.78 is 51.5. The van der Waals surface area contributed by atoms with E-state index in [0.717, 1.165) is 0 Å². The van der Waals surface area contributed by atoms with Crippen molar-refractivity contribution in [2.45, 2.75) is 38.1 Å². The topological polar surface area (TPSA) is 74.4 Å². The molecule has 0 N–H and O–H groups in total. The standard InChI is InChI=1S/C18H18F3N5O2/c1-10(27-2)17-25-24-14-8-22-13(9-26(14)17)12-5-6-15(23-7-12)28-16(11-3-4-11)18(19,20)21/h5-11,16H,3-4H2,1-2H3/t10-,16-/m0/s1. The number of rotatable bonds is 6. The lowest BCUT2D eigenvalue weighted by molar-refractivity contribution is -0.201. The van der Waals surface area contributed by atoms with Crippen LogP contribution in [0, 0.1) is 5.92 Å². The van der Waals surface area contributed by atoms with E-state index in [2.05, 4.69) is 20.2 Å². The van der Waals surface area contributed by atoms with Crippen molar-refractivity contribution in [1.82, 2.24) is 24.6 Å². The maximum atomic E-state index is 13.1. The molecule has 3 aromatic heterocycles. The van der Waals surface area contributed by atoms with Gasteiger partial charge in [-0.2, -0.15) is 13.2 Å². The molecule has 1 aliphatic carbocycles. The lowest BCUT2D eigenvalue weighted by Gasteiger charge is -2.20. The molecule has 0 aliphatic heterocycles. The van der Waals surface area contributed by atoms with Gasteiger partial charge in [0.25, 0.3) is 0 Å². The Labute approximate surface area is 158 Å². The summed E-state index contributed by atoms with van der Waals surface area (Å²) >= 11 is 0. The molecule has 0 radical (unpaired) electrons. The molecule has 0 aromatic carbocycles. The molecular weight excluding hydrogens is 375 g/mol. The molecule has 0 amide bonds. The molecule has 1 saturated carbocycles. The van der Waals surface area contributed by atoms with Crippen LogP contribution >= 0.6 is 0 Å². The van der Waals surface area contributed by atoms with Crippen LogP contribution < -0.4 is 4.74 Å². The smallest absolute Gasteiger partial charge is 0.425 e. The summed E-state index contributed by atoms with van der Waals surface area (Å²) in [5.41, 5.74) is 1.77. The van der Waals surface area contributed by atoms with E-state index >= 15 is 0 Å². The van der Waals surface area contributed by atoms with Gasteiger partial charge in [0.1, 0.15) is 6.10 Å². The van der Waals surface area contributed by atoms with Crippen LogP contribution in [0.25, 0.3) is 16.9 Å². The van der Waals surface area contributed by atoms with Gasteiger partial charge in [0.2, 0.25) is 5.88 Å². The number of fused-ring (bicyclic) bond motifs is 1. The summed E-state index contributed by atoms with van der Waals surface area (Å²) in [5.74, 6) is 0.0732. The minimum atomic E-state index is -4.41. The first-order valence-corrected chi connectivity index (χ1v) is 8.80. The van der Waals surface area contributed by atoms with Crippen molar-refractivity contribution in [3.05, 3.63) is 36.5 Å². The minimum Gasteiger partial charge on any atom is -0.464 e. The Bertz CT molecular complexity index is 970. The maximum Gasteiger partial charge on any atom is 0.425 e. The Kier molecular flexibility index (Phi) is 4.66. The number of ether oxygens (including phenoxy) is 2. The molecule has 0 bridgehead atoms. The Balaban J connectivity index is 1.58. The zero-order valence-corrected chi connectivity index (χ0v) is 15.2. The van der Waals surface area contributed by atoms with Crippen molar-refractivity contribution in [3.8, 4) is 17.1 Å². The zero-order chi connectivity index (χ0) is 19.9. The largest absolute Gasteiger partial charge is 0.464 e. The van der Waals surface area contributed by atoms with Gasteiger partial charge in [0.15, 0.2) is 17.6 Å². The fourth-order valence-corrected chi connectivity index (χ4v) is 2.91. The molecule has 2 atom stereocenters. The third kappa shape index (κ3) is 3.64. The van der Waals surface area contributed by atoms with Crippen molar-refractivity contribution in [1.29, 1.82) is 0 Å². The van der Waals surface area contributed by atoms with Gasteiger partial charge in [-0.3, -0.25) is 9.38 Å². The number of methoxy groups -OCH3 is 1. The number of halogens is 3. The Hall–Kier alpha value is -2.75. The van der Waals surface area contributed by atoms with Gasteiger partial charge >= 0.3 is 6.18 Å². The van der Waals surface area contributed by atoms with Gasteiger partial charge in [-0.25, -0.2) is 4.98 Å². The monoisotopic (exact) mass is 393 g/mol. The summed E-state index contributed by atoms with van der Waals surface area (Å²) in [5, 5.41) is 8.14. The van der Waals surface area contributed by atoms with Crippen molar-refractivity contribution in [2.75, 3.05) is 7.11 Å². The van der Waals surface area contributed by atoms with E-state index in [9.17, 15) is 13.2 Å². The van der Waals surface area contributed by atoms with Crippen molar-refractivity contribution < 1.29 is 22.6 Å². The first-order chi connectivity index (χ1) is 13.4. The summed E-state index contributed by atoms with van der Waals surface area (Å²) in [6.45, 7) is 1.85. The second kappa shape index (κ2) is 7.01. The number of alkyl halides is 3. The van der Waals surface area contributed by atoms with Crippen LogP contribution in [0.2, 0.25) is 0 Å². The molecule has 3 heterocycles. The molecule has 4 rings (SSSR count). The molecule has 0 saturated heterocycles. The number of hydrogen-bond donors (Lipinski definition) is 0. The van der Waals surface area contributed by atoms with Gasteiger partial charge in [0.05, 0.1) is 11.9 Å². The van der Waals surface area contributed by atoms with Crippen LogP contribution in [-0.4, -0.2) is 44.0 Å². The number of pyridine rings is 1. The number of aromatic nitrogens is 5. The van der Waals surface area contributed by atoms with E-state index in [1.807, 2.05) is 6.92 Å². The lowest BCUT2D eigenvalue weighted by Crippen LogP contribution is -2.36. The quantitative estimate of drug-likeness (QED) is 0.637. The highest BCUT2D eigenvalue weighted by Gasteiger charge is 2.51. The normalized spacial score (nSPS) is 16.9. The van der Waals surface area contributed by atoms with E-state index in [1.54, 1.807) is 30.0 Å². The maximum absolute atomic E-state index is 13.1. The van der Waals surface area contributed by atoms with Gasteiger partial charge in [-0.05, 0) is 25.8 Å². The summed E-state index contributed by atoms with van der Waals surface area (Å²) in [7, 11) is 1.58. The van der Waals surface area contributed by atoms with Crippen molar-refractivity contribution in [3.63, 3.8) is 0 Å². The van der Waals surface area contributed by atoms with Crippen LogP contribution in [0.3, 0.4) is 0 Å². The number of hydrogen-bond acceptors (Lipinski definition) is 6. The average Bonchev–Trinajstić information content (AvgIpc) is 3.43. The first-order valence-electron chi connectivity index (χ1n) is 8.80. The SMILES string of the molecule is CO[C@@H](C)c1nnc2cnc(-c3ccc(O[C@@H](C4CC4)C(F)(F)F)nc3)cn12. The highest BCUT2D eigenvalue weighted by Crippen LogP contribution is 2.42. The summed E-state index contributed by atoms with van der Waals surface area (Å²) in [6, 6.07) is 3.05. The van der Waals surface area contributed by atoms with Crippen LogP contribution in [0.1, 0.15) is 31.7 Å². The molecule has 0 spiro atoms. The molecule has 28 heavy (non-hydrogen) atoms. The third-order valence-corrected chi connectivity index (χ3v) is 4.69. The molecule has 1 fully saturated rings. The lowest BCUT2D eigenvalue weighted by atomic mass is 10.2. The molecular formula is C18H18F3N5O2. The number of nitrogens with zero attached hydrogens (tertiary/aromatic N) is 5. The van der Waals surface area contributed by atoms with E-state index in [0.29, 0.717) is 35.6 Å². The molecule has 7 nitrogen and oxygen atoms in total. The van der Waals surface area contributed by atoms with Crippen molar-refractivity contribution >= 4 is 5.65 Å². The first kappa shape index (κ1) is 18.6. The van der Waals surface area contributed by atoms with Gasteiger partial charge in [-0.15, -0.1) is 10.2 Å². The van der Waals surface area contributed by atoms with Crippen LogP contribution in [-0.2, 0) is 4.74 Å². The Morgan fingerprint density at radius 1 is 1.14 bits per heavy atom. The van der Waals surface area contributed by atoms with E-state index in [4.69, 9.17) is 9.47 Å². The van der Waals surface area contributed by atoms with Crippen LogP contribution in [0.15, 0.2) is 30.7 Å². The van der Waals surface area contributed by atoms with Gasteiger partial charge in [0, 0.05) is 37.1 Å². The third-order valence-electron chi connectivity index (χ3n) is 4.69. The van der Waals surface area contributed by atoms with Gasteiger partial charge < -0.3 is 9.47 Å². The summed E-state index contributed by atoms with van der Waals surface area (Å²) in [6.07, 6.45) is -0.701. The predicted octanol–water partition coefficient (Wildman–Crippen LogP) is 3.61. The molecule has 1 aliphatic rings. The highest BCUT2D eigenvalue weighted by molar-refractivity contribution is 5.59. The second-order valence-corrected chi connectivity index (χ2v) is 6.74. The fourth-order valence-electron chi connectivity index (χ4n) is 2.91. The zero-order valence-electron chi connectivity index (χ0n) is 15.2. The minimum absolute atomic E-state index is 0.0583. The van der Waals surface area contributed by atoms with Crippen molar-refractivity contribution in [2.24, 2.45) is 5.92 Å². The summed E-state index contributed by atoms with van der Waals surface area (Å²) in [4.78, 5) is 8.35. The van der Waals surface area contributed by atoms with Crippen LogP contribution in [0.5, 0.6) is 5.88 Å². The second-order valence-electron chi connectivity index (χ2n) is 6.74. The highest BCUT2D eigenvalue weighted by atomic mass is 19.4.